The molecule has 13 heavy (non-hydrogen) atoms. The number of hydrogen-bond acceptors (Lipinski definition) is 4. The van der Waals surface area contributed by atoms with Gasteiger partial charge in [-0.2, -0.15) is 0 Å². The van der Waals surface area contributed by atoms with Crippen LogP contribution in [0.1, 0.15) is 6.42 Å². The normalized spacial score (nSPS) is 14.6. The number of aliphatic imine (C=N–C) groups is 1. The Kier molecular flexibility index (Phi) is 4.78. The molecule has 0 aliphatic heterocycles. The van der Waals surface area contributed by atoms with E-state index < -0.39 is 18.2 Å². The van der Waals surface area contributed by atoms with Crippen molar-refractivity contribution in [2.75, 3.05) is 6.54 Å². The average Bonchev–Trinajstić information content (AvgIpc) is 2.00. The SMILES string of the molecule is NC(N)=NCC(O)CC(O)C(=O)O. The first kappa shape index (κ1) is 11.7. The molecule has 0 aromatic carbocycles. The molecule has 0 rings (SSSR count). The van der Waals surface area contributed by atoms with E-state index in [0.717, 1.165) is 0 Å². The lowest BCUT2D eigenvalue weighted by atomic mass is 10.1. The van der Waals surface area contributed by atoms with Gasteiger partial charge in [0.2, 0.25) is 0 Å². The van der Waals surface area contributed by atoms with Crippen molar-refractivity contribution >= 4 is 11.9 Å². The van der Waals surface area contributed by atoms with Crippen LogP contribution in [0, 0.1) is 0 Å². The molecule has 7 N–H and O–H groups in total. The summed E-state index contributed by atoms with van der Waals surface area (Å²) in [5.74, 6) is -1.58. The third-order valence-electron chi connectivity index (χ3n) is 1.27. The van der Waals surface area contributed by atoms with Gasteiger partial charge in [-0.3, -0.25) is 4.99 Å². The van der Waals surface area contributed by atoms with Crippen LogP contribution in [0.4, 0.5) is 0 Å². The number of hydrogen-bond donors (Lipinski definition) is 5. The molecule has 0 bridgehead atoms. The predicted molar refractivity (Wildman–Crippen MR) is 44.9 cm³/mol. The number of rotatable bonds is 5. The molecule has 0 radical (unpaired) electrons. The molecular formula is C6H13N3O4. The molecule has 0 heterocycles. The summed E-state index contributed by atoms with van der Waals surface area (Å²) in [5, 5.41) is 26.1. The Bertz CT molecular complexity index is 202. The zero-order valence-electron chi connectivity index (χ0n) is 6.92. The van der Waals surface area contributed by atoms with Gasteiger partial charge >= 0.3 is 5.97 Å². The summed E-state index contributed by atoms with van der Waals surface area (Å²) in [5.41, 5.74) is 9.94. The molecule has 0 fully saturated rings. The molecule has 0 aliphatic rings. The summed E-state index contributed by atoms with van der Waals surface area (Å²) in [6.45, 7) is -0.118. The largest absolute Gasteiger partial charge is 0.479 e. The number of carboxylic acid groups (broad SMARTS) is 1. The number of guanidine groups is 1. The molecule has 7 heteroatoms. The maximum Gasteiger partial charge on any atom is 0.332 e. The zero-order chi connectivity index (χ0) is 10.4. The van der Waals surface area contributed by atoms with Crippen molar-refractivity contribution in [3.63, 3.8) is 0 Å². The zero-order valence-corrected chi connectivity index (χ0v) is 6.92. The smallest absolute Gasteiger partial charge is 0.332 e. The molecule has 0 aromatic rings. The van der Waals surface area contributed by atoms with Crippen molar-refractivity contribution in [2.45, 2.75) is 18.6 Å². The maximum atomic E-state index is 10.1. The lowest BCUT2D eigenvalue weighted by molar-refractivity contribution is -0.148. The summed E-state index contributed by atoms with van der Waals surface area (Å²) in [6.07, 6.45) is -2.95. The van der Waals surface area contributed by atoms with Crippen LogP contribution < -0.4 is 11.5 Å². The van der Waals surface area contributed by atoms with Gasteiger partial charge in [0.05, 0.1) is 12.6 Å². The molecule has 2 unspecified atom stereocenters. The van der Waals surface area contributed by atoms with Gasteiger partial charge in [0.25, 0.3) is 0 Å². The van der Waals surface area contributed by atoms with Crippen LogP contribution in [0.15, 0.2) is 4.99 Å². The van der Waals surface area contributed by atoms with E-state index in [0.29, 0.717) is 0 Å². The first-order valence-corrected chi connectivity index (χ1v) is 3.57. The summed E-state index contributed by atoms with van der Waals surface area (Å²) in [7, 11) is 0. The molecule has 0 aliphatic carbocycles. The standard InChI is InChI=1S/C6H13N3O4/c7-6(8)9-2-3(10)1-4(11)5(12)13/h3-4,10-11H,1-2H2,(H,12,13)(H4,7,8,9). The quantitative estimate of drug-likeness (QED) is 0.239. The Labute approximate surface area is 74.7 Å². The monoisotopic (exact) mass is 191 g/mol. The number of nitrogens with zero attached hydrogens (tertiary/aromatic N) is 1. The molecule has 0 saturated heterocycles. The fourth-order valence-electron chi connectivity index (χ4n) is 0.644. The number of aliphatic hydroxyl groups excluding tert-OH is 2. The van der Waals surface area contributed by atoms with Crippen molar-refractivity contribution in [1.82, 2.24) is 0 Å². The van der Waals surface area contributed by atoms with Gasteiger partial charge in [0, 0.05) is 6.42 Å². The van der Waals surface area contributed by atoms with Crippen molar-refractivity contribution < 1.29 is 20.1 Å². The van der Waals surface area contributed by atoms with Crippen LogP contribution in [0.3, 0.4) is 0 Å². The van der Waals surface area contributed by atoms with Gasteiger partial charge in [0.1, 0.15) is 0 Å². The Hall–Kier alpha value is -1.34. The van der Waals surface area contributed by atoms with E-state index in [1.165, 1.54) is 0 Å². The first-order chi connectivity index (χ1) is 5.93. The third kappa shape index (κ3) is 5.88. The highest BCUT2D eigenvalue weighted by atomic mass is 16.4. The van der Waals surface area contributed by atoms with Gasteiger partial charge in [-0.05, 0) is 0 Å². The van der Waals surface area contributed by atoms with Gasteiger partial charge in [0.15, 0.2) is 12.1 Å². The minimum absolute atomic E-state index is 0.118. The van der Waals surface area contributed by atoms with Crippen molar-refractivity contribution in [3.05, 3.63) is 0 Å². The summed E-state index contributed by atoms with van der Waals surface area (Å²) < 4.78 is 0. The highest BCUT2D eigenvalue weighted by Crippen LogP contribution is 1.98. The maximum absolute atomic E-state index is 10.1. The van der Waals surface area contributed by atoms with Gasteiger partial charge in [-0.1, -0.05) is 0 Å². The number of aliphatic carboxylic acids is 1. The molecule has 0 amide bonds. The van der Waals surface area contributed by atoms with Gasteiger partial charge in [-0.25, -0.2) is 4.79 Å². The van der Waals surface area contributed by atoms with E-state index >= 15 is 0 Å². The van der Waals surface area contributed by atoms with Crippen molar-refractivity contribution in [2.24, 2.45) is 16.5 Å². The highest BCUT2D eigenvalue weighted by molar-refractivity contribution is 5.75. The van der Waals surface area contributed by atoms with Crippen LogP contribution in [-0.4, -0.2) is 46.0 Å². The van der Waals surface area contributed by atoms with Crippen LogP contribution in [-0.2, 0) is 4.79 Å². The second-order valence-electron chi connectivity index (χ2n) is 2.51. The third-order valence-corrected chi connectivity index (χ3v) is 1.27. The topological polar surface area (TPSA) is 142 Å². The molecule has 0 spiro atoms. The van der Waals surface area contributed by atoms with E-state index in [-0.39, 0.29) is 18.9 Å². The van der Waals surface area contributed by atoms with Crippen LogP contribution in [0.25, 0.3) is 0 Å². The second kappa shape index (κ2) is 5.33. The molecule has 7 nitrogen and oxygen atoms in total. The lowest BCUT2D eigenvalue weighted by Gasteiger charge is -2.09. The van der Waals surface area contributed by atoms with Gasteiger partial charge in [-0.15, -0.1) is 0 Å². The molecule has 0 aromatic heterocycles. The summed E-state index contributed by atoms with van der Waals surface area (Å²) in [4.78, 5) is 13.6. The minimum atomic E-state index is -1.59. The van der Waals surface area contributed by atoms with Crippen LogP contribution in [0.2, 0.25) is 0 Å². The Morgan fingerprint density at radius 1 is 1.38 bits per heavy atom. The Balaban J connectivity index is 3.80. The summed E-state index contributed by atoms with van der Waals surface area (Å²) >= 11 is 0. The second-order valence-corrected chi connectivity index (χ2v) is 2.51. The minimum Gasteiger partial charge on any atom is -0.479 e. The molecule has 76 valence electrons. The molecular weight excluding hydrogens is 178 g/mol. The van der Waals surface area contributed by atoms with Gasteiger partial charge < -0.3 is 26.8 Å². The fraction of sp³-hybridized carbons (Fsp3) is 0.667. The number of carbonyl (C=O) groups is 1. The highest BCUT2D eigenvalue weighted by Gasteiger charge is 2.17. The average molecular weight is 191 g/mol. The van der Waals surface area contributed by atoms with Crippen molar-refractivity contribution in [3.8, 4) is 0 Å². The first-order valence-electron chi connectivity index (χ1n) is 3.57. The Morgan fingerprint density at radius 2 is 1.92 bits per heavy atom. The lowest BCUT2D eigenvalue weighted by Crippen LogP contribution is -2.29. The van der Waals surface area contributed by atoms with Crippen LogP contribution >= 0.6 is 0 Å². The number of carboxylic acids is 1. The molecule has 0 saturated carbocycles. The van der Waals surface area contributed by atoms with E-state index in [2.05, 4.69) is 4.99 Å². The van der Waals surface area contributed by atoms with E-state index in [9.17, 15) is 4.79 Å². The Morgan fingerprint density at radius 3 is 2.31 bits per heavy atom. The molecule has 2 atom stereocenters. The number of nitrogens with two attached hydrogens (primary N) is 2. The van der Waals surface area contributed by atoms with Crippen LogP contribution in [0.5, 0.6) is 0 Å². The predicted octanol–water partition coefficient (Wildman–Crippen LogP) is -2.54. The summed E-state index contributed by atoms with van der Waals surface area (Å²) in [6, 6.07) is 0. The van der Waals surface area contributed by atoms with Crippen molar-refractivity contribution in [1.29, 1.82) is 0 Å². The van der Waals surface area contributed by atoms with E-state index in [4.69, 9.17) is 26.8 Å². The van der Waals surface area contributed by atoms with E-state index in [1.807, 2.05) is 0 Å². The number of aliphatic hydroxyl groups is 2. The van der Waals surface area contributed by atoms with E-state index in [1.54, 1.807) is 0 Å². The fourth-order valence-corrected chi connectivity index (χ4v) is 0.644.